The Kier molecular flexibility index (Phi) is 5.19. The first-order valence-electron chi connectivity index (χ1n) is 8.62. The number of para-hydroxylation sites is 1. The second kappa shape index (κ2) is 7.53. The highest BCUT2D eigenvalue weighted by atomic mass is 16.3. The molecule has 4 nitrogen and oxygen atoms in total. The predicted molar refractivity (Wildman–Crippen MR) is 101 cm³/mol. The van der Waals surface area contributed by atoms with Crippen molar-refractivity contribution in [2.24, 2.45) is 7.05 Å². The van der Waals surface area contributed by atoms with Crippen LogP contribution in [0.5, 0.6) is 0 Å². The number of carbonyl (C=O) groups is 1. The van der Waals surface area contributed by atoms with Crippen LogP contribution in [0.2, 0.25) is 0 Å². The number of nitrogens with zero attached hydrogens (tertiary/aromatic N) is 1. The zero-order chi connectivity index (χ0) is 17.8. The normalized spacial score (nSPS) is 13.6. The number of amides is 1. The van der Waals surface area contributed by atoms with Crippen molar-refractivity contribution in [3.63, 3.8) is 0 Å². The maximum absolute atomic E-state index is 12.7. The van der Waals surface area contributed by atoms with Gasteiger partial charge in [0.05, 0.1) is 6.10 Å². The smallest absolute Gasteiger partial charge is 0.267 e. The summed E-state index contributed by atoms with van der Waals surface area (Å²) in [5.41, 5.74) is 2.81. The number of aliphatic hydroxyl groups is 1. The van der Waals surface area contributed by atoms with E-state index in [0.717, 1.165) is 16.5 Å². The van der Waals surface area contributed by atoms with E-state index < -0.39 is 6.10 Å². The summed E-state index contributed by atoms with van der Waals surface area (Å²) in [5.74, 6) is -0.00921. The Bertz CT molecular complexity index is 853. The highest BCUT2D eigenvalue weighted by molar-refractivity contribution is 5.98. The minimum absolute atomic E-state index is 0.0832. The molecule has 1 heterocycles. The Balaban J connectivity index is 1.75. The van der Waals surface area contributed by atoms with Gasteiger partial charge in [-0.25, -0.2) is 0 Å². The number of aromatic nitrogens is 1. The zero-order valence-corrected chi connectivity index (χ0v) is 14.6. The molecular weight excluding hydrogens is 312 g/mol. The number of fused-ring (bicyclic) bond motifs is 1. The van der Waals surface area contributed by atoms with Crippen LogP contribution in [0.25, 0.3) is 10.9 Å². The second-order valence-electron chi connectivity index (χ2n) is 6.55. The minimum atomic E-state index is -0.417. The molecule has 3 rings (SSSR count). The number of carbonyl (C=O) groups excluding carboxylic acids is 1. The highest BCUT2D eigenvalue weighted by Crippen LogP contribution is 2.22. The average molecular weight is 336 g/mol. The Morgan fingerprint density at radius 1 is 1.12 bits per heavy atom. The van der Waals surface area contributed by atoms with Gasteiger partial charge in [0.2, 0.25) is 0 Å². The standard InChI is InChI=1S/C21H24N2O2/c1-15(24)12-18(16-8-4-3-5-9-16)14-22-21(25)20-13-17-10-6-7-11-19(17)23(20)2/h3-11,13,15,18,24H,12,14H2,1-2H3,(H,22,25). The number of aryl methyl sites for hydroxylation is 1. The third-order valence-corrected chi connectivity index (χ3v) is 4.59. The lowest BCUT2D eigenvalue weighted by Gasteiger charge is -2.19. The first-order chi connectivity index (χ1) is 12.1. The van der Waals surface area contributed by atoms with Crippen molar-refractivity contribution in [2.45, 2.75) is 25.4 Å². The molecule has 0 aliphatic heterocycles. The fraction of sp³-hybridized carbons (Fsp3) is 0.286. The van der Waals surface area contributed by atoms with Crippen molar-refractivity contribution >= 4 is 16.8 Å². The van der Waals surface area contributed by atoms with Gasteiger partial charge in [0.15, 0.2) is 0 Å². The Morgan fingerprint density at radius 2 is 1.80 bits per heavy atom. The van der Waals surface area contributed by atoms with Gasteiger partial charge in [0.1, 0.15) is 5.69 Å². The maximum Gasteiger partial charge on any atom is 0.267 e. The molecule has 4 heteroatoms. The van der Waals surface area contributed by atoms with Gasteiger partial charge in [-0.1, -0.05) is 48.5 Å². The van der Waals surface area contributed by atoms with Crippen LogP contribution in [0.3, 0.4) is 0 Å². The van der Waals surface area contributed by atoms with Gasteiger partial charge >= 0.3 is 0 Å². The molecule has 0 saturated carbocycles. The maximum atomic E-state index is 12.7. The molecule has 130 valence electrons. The summed E-state index contributed by atoms with van der Waals surface area (Å²) < 4.78 is 1.91. The van der Waals surface area contributed by atoms with Gasteiger partial charge in [-0.3, -0.25) is 4.79 Å². The van der Waals surface area contributed by atoms with Crippen LogP contribution in [-0.4, -0.2) is 28.2 Å². The summed E-state index contributed by atoms with van der Waals surface area (Å²) >= 11 is 0. The summed E-state index contributed by atoms with van der Waals surface area (Å²) in [4.78, 5) is 12.7. The summed E-state index contributed by atoms with van der Waals surface area (Å²) in [5, 5.41) is 13.9. The number of benzene rings is 2. The van der Waals surface area contributed by atoms with Crippen molar-refractivity contribution in [2.75, 3.05) is 6.54 Å². The van der Waals surface area contributed by atoms with Crippen molar-refractivity contribution in [1.82, 2.24) is 9.88 Å². The lowest BCUT2D eigenvalue weighted by molar-refractivity contribution is 0.0938. The van der Waals surface area contributed by atoms with Crippen molar-refractivity contribution in [1.29, 1.82) is 0 Å². The van der Waals surface area contributed by atoms with E-state index >= 15 is 0 Å². The van der Waals surface area contributed by atoms with E-state index in [4.69, 9.17) is 0 Å². The zero-order valence-electron chi connectivity index (χ0n) is 14.6. The third-order valence-electron chi connectivity index (χ3n) is 4.59. The van der Waals surface area contributed by atoms with Gasteiger partial charge in [-0.15, -0.1) is 0 Å². The van der Waals surface area contributed by atoms with E-state index in [0.29, 0.717) is 18.7 Å². The quantitative estimate of drug-likeness (QED) is 0.724. The molecule has 25 heavy (non-hydrogen) atoms. The van der Waals surface area contributed by atoms with Crippen LogP contribution in [0.1, 0.15) is 35.3 Å². The molecule has 0 radical (unpaired) electrons. The fourth-order valence-corrected chi connectivity index (χ4v) is 3.29. The first-order valence-corrected chi connectivity index (χ1v) is 8.62. The minimum Gasteiger partial charge on any atom is -0.393 e. The molecule has 0 fully saturated rings. The molecule has 2 aromatic carbocycles. The molecule has 0 saturated heterocycles. The lowest BCUT2D eigenvalue weighted by Crippen LogP contribution is -2.30. The van der Waals surface area contributed by atoms with Crippen LogP contribution in [0.4, 0.5) is 0 Å². The fourth-order valence-electron chi connectivity index (χ4n) is 3.29. The van der Waals surface area contributed by atoms with Gasteiger partial charge in [-0.05, 0) is 31.0 Å². The van der Waals surface area contributed by atoms with Crippen LogP contribution in [0, 0.1) is 0 Å². The number of rotatable bonds is 6. The second-order valence-corrected chi connectivity index (χ2v) is 6.55. The molecule has 3 aromatic rings. The van der Waals surface area contributed by atoms with Crippen LogP contribution >= 0.6 is 0 Å². The molecule has 0 aliphatic rings. The van der Waals surface area contributed by atoms with E-state index in [1.807, 2.05) is 72.3 Å². The third kappa shape index (κ3) is 3.91. The van der Waals surface area contributed by atoms with Crippen molar-refractivity contribution in [3.05, 3.63) is 71.9 Å². The molecule has 0 aliphatic carbocycles. The van der Waals surface area contributed by atoms with E-state index in [1.165, 1.54) is 0 Å². The summed E-state index contributed by atoms with van der Waals surface area (Å²) in [6.07, 6.45) is 0.194. The Labute approximate surface area is 148 Å². The topological polar surface area (TPSA) is 54.3 Å². The number of aliphatic hydroxyl groups excluding tert-OH is 1. The van der Waals surface area contributed by atoms with Gasteiger partial charge in [-0.2, -0.15) is 0 Å². The van der Waals surface area contributed by atoms with Gasteiger partial charge in [0.25, 0.3) is 5.91 Å². The SMILES string of the molecule is CC(O)CC(CNC(=O)c1cc2ccccc2n1C)c1ccccc1. The van der Waals surface area contributed by atoms with Crippen LogP contribution in [0.15, 0.2) is 60.7 Å². The first kappa shape index (κ1) is 17.2. The van der Waals surface area contributed by atoms with E-state index in [9.17, 15) is 9.90 Å². The molecule has 2 atom stereocenters. The summed E-state index contributed by atoms with van der Waals surface area (Å²) in [7, 11) is 1.90. The molecule has 1 amide bonds. The van der Waals surface area contributed by atoms with E-state index in [-0.39, 0.29) is 11.8 Å². The summed E-state index contributed by atoms with van der Waals surface area (Å²) in [6, 6.07) is 19.9. The molecule has 2 unspecified atom stereocenters. The molecular formula is C21H24N2O2. The van der Waals surface area contributed by atoms with E-state index in [1.54, 1.807) is 6.92 Å². The van der Waals surface area contributed by atoms with Crippen molar-refractivity contribution in [3.8, 4) is 0 Å². The van der Waals surface area contributed by atoms with Gasteiger partial charge in [0, 0.05) is 30.4 Å². The Hall–Kier alpha value is -2.59. The molecule has 1 aromatic heterocycles. The molecule has 0 bridgehead atoms. The Morgan fingerprint density at radius 3 is 2.48 bits per heavy atom. The van der Waals surface area contributed by atoms with Gasteiger partial charge < -0.3 is 15.0 Å². The lowest BCUT2D eigenvalue weighted by atomic mass is 9.93. The number of hydrogen-bond donors (Lipinski definition) is 2. The average Bonchev–Trinajstić information content (AvgIpc) is 2.96. The highest BCUT2D eigenvalue weighted by Gasteiger charge is 2.18. The van der Waals surface area contributed by atoms with E-state index in [2.05, 4.69) is 5.32 Å². The summed E-state index contributed by atoms with van der Waals surface area (Å²) in [6.45, 7) is 2.27. The largest absolute Gasteiger partial charge is 0.393 e. The molecule has 0 spiro atoms. The van der Waals surface area contributed by atoms with Crippen LogP contribution < -0.4 is 5.32 Å². The van der Waals surface area contributed by atoms with Crippen molar-refractivity contribution < 1.29 is 9.90 Å². The monoisotopic (exact) mass is 336 g/mol. The molecule has 2 N–H and O–H groups in total. The number of hydrogen-bond acceptors (Lipinski definition) is 2. The predicted octanol–water partition coefficient (Wildman–Crippen LogP) is 3.46. The number of nitrogens with one attached hydrogen (secondary N) is 1. The van der Waals surface area contributed by atoms with Crippen LogP contribution in [-0.2, 0) is 7.05 Å².